The lowest BCUT2D eigenvalue weighted by Gasteiger charge is -2.22. The molecule has 310 valence electrons. The van der Waals surface area contributed by atoms with E-state index in [2.05, 4.69) is 21.9 Å². The van der Waals surface area contributed by atoms with Crippen molar-refractivity contribution in [3.63, 3.8) is 0 Å². The number of carbonyl (C=O) groups excluding carboxylic acids is 2. The summed E-state index contributed by atoms with van der Waals surface area (Å²) in [5.41, 5.74) is 7.39. The molecule has 0 saturated carbocycles. The average molecular weight is 831 g/mol. The van der Waals surface area contributed by atoms with Crippen molar-refractivity contribution >= 4 is 77.3 Å². The first-order valence-electron chi connectivity index (χ1n) is 19.6. The number of benzene rings is 2. The first-order valence-corrected chi connectivity index (χ1v) is 22.0. The molecular weight excluding hydrogens is 777 g/mol. The van der Waals surface area contributed by atoms with Gasteiger partial charge in [0.05, 0.1) is 0 Å². The maximum Gasteiger partial charge on any atom is 0.336 e. The summed E-state index contributed by atoms with van der Waals surface area (Å²) in [5.74, 6) is 3.19. The topological polar surface area (TPSA) is 134 Å². The van der Waals surface area contributed by atoms with Gasteiger partial charge in [-0.3, -0.25) is 9.59 Å². The molecule has 0 fully saturated rings. The fourth-order valence-corrected chi connectivity index (χ4v) is 9.40. The smallest absolute Gasteiger partial charge is 0.336 e. The van der Waals surface area contributed by atoms with E-state index >= 15 is 0 Å². The molecule has 2 amide bonds. The van der Waals surface area contributed by atoms with Gasteiger partial charge in [-0.15, -0.1) is 0 Å². The quantitative estimate of drug-likeness (QED) is 0.0503. The Labute approximate surface area is 346 Å². The summed E-state index contributed by atoms with van der Waals surface area (Å²) < 4.78 is 23.4. The van der Waals surface area contributed by atoms with E-state index in [4.69, 9.17) is 17.7 Å². The van der Waals surface area contributed by atoms with Crippen LogP contribution >= 0.6 is 21.6 Å². The van der Waals surface area contributed by atoms with Crippen molar-refractivity contribution < 1.29 is 27.3 Å². The van der Waals surface area contributed by atoms with Crippen LogP contribution in [0.5, 0.6) is 0 Å². The second-order valence-corrected chi connectivity index (χ2v) is 18.2. The molecule has 4 heterocycles. The number of hydrogen-bond acceptors (Lipinski definition) is 12. The van der Waals surface area contributed by atoms with Crippen molar-refractivity contribution in [3.8, 4) is 0 Å². The molecule has 4 aromatic heterocycles. The summed E-state index contributed by atoms with van der Waals surface area (Å²) in [6, 6.07) is 7.13. The van der Waals surface area contributed by atoms with Crippen LogP contribution < -0.4 is 11.3 Å². The number of aryl methyl sites for hydroxylation is 6. The Bertz CT molecular complexity index is 2440. The number of nitrogens with zero attached hydrogens (tertiary/aromatic N) is 4. The Hall–Kier alpha value is -4.50. The molecule has 0 unspecified atom stereocenters. The summed E-state index contributed by atoms with van der Waals surface area (Å²) in [4.78, 5) is 57.7. The van der Waals surface area contributed by atoms with Crippen molar-refractivity contribution in [3.05, 3.63) is 90.0 Å². The molecule has 6 aromatic rings. The molecule has 14 heteroatoms. The van der Waals surface area contributed by atoms with Crippen LogP contribution in [0.15, 0.2) is 51.5 Å². The maximum absolute atomic E-state index is 12.9. The average Bonchev–Trinajstić information content (AvgIpc) is 3.66. The predicted octanol–water partition coefficient (Wildman–Crippen LogP) is 7.88. The van der Waals surface area contributed by atoms with Gasteiger partial charge in [-0.1, -0.05) is 21.6 Å². The highest BCUT2D eigenvalue weighted by Crippen LogP contribution is 2.36. The van der Waals surface area contributed by atoms with Gasteiger partial charge in [0.2, 0.25) is 11.8 Å². The van der Waals surface area contributed by atoms with Crippen molar-refractivity contribution in [1.82, 2.24) is 19.6 Å². The molecule has 0 aliphatic carbocycles. The van der Waals surface area contributed by atoms with E-state index in [1.165, 1.54) is 12.1 Å². The number of furan rings is 2. The Morgan fingerprint density at radius 1 is 0.517 bits per heavy atom. The third-order valence-corrected chi connectivity index (χ3v) is 13.5. The van der Waals surface area contributed by atoms with Crippen LogP contribution in [0.3, 0.4) is 0 Å². The molecule has 58 heavy (non-hydrogen) atoms. The Balaban J connectivity index is 0.885. The van der Waals surface area contributed by atoms with Crippen molar-refractivity contribution in [2.24, 2.45) is 0 Å². The lowest BCUT2D eigenvalue weighted by molar-refractivity contribution is -0.130. The first kappa shape index (κ1) is 43.1. The molecule has 0 saturated heterocycles. The van der Waals surface area contributed by atoms with E-state index in [0.717, 1.165) is 77.6 Å². The number of carbonyl (C=O) groups is 2. The van der Waals surface area contributed by atoms with Gasteiger partial charge in [0.1, 0.15) is 33.9 Å². The molecule has 2 aromatic carbocycles. The van der Waals surface area contributed by atoms with Gasteiger partial charge in [0.25, 0.3) is 0 Å². The molecule has 0 radical (unpaired) electrons. The predicted molar refractivity (Wildman–Crippen MR) is 235 cm³/mol. The van der Waals surface area contributed by atoms with Crippen LogP contribution in [0.2, 0.25) is 0 Å². The zero-order valence-electron chi connectivity index (χ0n) is 35.3. The molecule has 0 aliphatic rings. The number of amides is 2. The zero-order chi connectivity index (χ0) is 42.0. The van der Waals surface area contributed by atoms with Crippen molar-refractivity contribution in [1.29, 1.82) is 0 Å². The zero-order valence-corrected chi connectivity index (χ0v) is 36.9. The van der Waals surface area contributed by atoms with Gasteiger partial charge in [0, 0.05) is 134 Å². The fourth-order valence-electron chi connectivity index (χ4n) is 7.44. The van der Waals surface area contributed by atoms with Gasteiger partial charge in [0.15, 0.2) is 0 Å². The van der Waals surface area contributed by atoms with E-state index in [1.54, 1.807) is 31.4 Å². The number of hydrogen-bond donors (Lipinski definition) is 0. The van der Waals surface area contributed by atoms with Crippen LogP contribution in [0, 0.1) is 41.5 Å². The SMILES string of the molecule is Cc1oc2c(C)c3oc(=O)cc(C)c3cc2c1CN(C)CCN(C)C(=O)CCSSCCC(=O)N(C)CCN(C)Cc1c(C)oc2c(C)c3oc(=O)cc(C)c3cc12. The minimum Gasteiger partial charge on any atom is -0.461 e. The van der Waals surface area contributed by atoms with E-state index in [1.807, 2.05) is 69.7 Å². The summed E-state index contributed by atoms with van der Waals surface area (Å²) in [7, 11) is 11.0. The van der Waals surface area contributed by atoms with Crippen molar-refractivity contribution in [2.75, 3.05) is 65.9 Å². The highest BCUT2D eigenvalue weighted by atomic mass is 33.1. The van der Waals surface area contributed by atoms with Gasteiger partial charge in [-0.05, 0) is 78.9 Å². The normalized spacial score (nSPS) is 12.0. The standard InChI is InChI=1S/C44H54N4O8S2/c1-25-19-39(51)55-41-27(3)43-33(21-31(25)41)35(29(5)53-43)23-45(7)13-15-47(9)37(49)11-17-57-58-18-12-38(50)48(10)16-14-46(8)24-36-30(6)54-44-28(4)42-32(22-34(36)44)26(2)20-40(52)56-42/h19-22H,11-18,23-24H2,1-10H3. The number of likely N-dealkylation sites (N-methyl/N-ethyl adjacent to an activating group) is 4. The van der Waals surface area contributed by atoms with Crippen LogP contribution in [0.1, 0.15) is 57.7 Å². The molecule has 0 bridgehead atoms. The summed E-state index contributed by atoms with van der Waals surface area (Å²) >= 11 is 0. The van der Waals surface area contributed by atoms with Gasteiger partial charge in [-0.2, -0.15) is 0 Å². The Morgan fingerprint density at radius 3 is 1.26 bits per heavy atom. The van der Waals surface area contributed by atoms with Gasteiger partial charge >= 0.3 is 11.3 Å². The van der Waals surface area contributed by atoms with E-state index < -0.39 is 0 Å². The molecule has 0 aliphatic heterocycles. The number of rotatable bonds is 17. The van der Waals surface area contributed by atoms with Crippen LogP contribution in [0.25, 0.3) is 43.9 Å². The second-order valence-electron chi connectivity index (χ2n) is 15.5. The van der Waals surface area contributed by atoms with E-state index in [-0.39, 0.29) is 23.1 Å². The van der Waals surface area contributed by atoms with Gasteiger partial charge < -0.3 is 37.3 Å². The Kier molecular flexibility index (Phi) is 13.5. The molecule has 0 atom stereocenters. The minimum absolute atomic E-state index is 0.0935. The molecule has 0 spiro atoms. The lowest BCUT2D eigenvalue weighted by Crippen LogP contribution is -2.34. The summed E-state index contributed by atoms with van der Waals surface area (Å²) in [5, 5.41) is 3.83. The fraction of sp³-hybridized carbons (Fsp3) is 0.455. The summed E-state index contributed by atoms with van der Waals surface area (Å²) in [6.07, 6.45) is 0.866. The number of fused-ring (bicyclic) bond motifs is 4. The molecular formula is C44H54N4O8S2. The highest BCUT2D eigenvalue weighted by molar-refractivity contribution is 8.76. The highest BCUT2D eigenvalue weighted by Gasteiger charge is 2.21. The third-order valence-electron chi connectivity index (χ3n) is 11.1. The minimum atomic E-state index is -0.369. The van der Waals surface area contributed by atoms with Crippen molar-refractivity contribution in [2.45, 2.75) is 67.5 Å². The lowest BCUT2D eigenvalue weighted by atomic mass is 10.0. The summed E-state index contributed by atoms with van der Waals surface area (Å²) in [6.45, 7) is 15.5. The molecule has 12 nitrogen and oxygen atoms in total. The van der Waals surface area contributed by atoms with E-state index in [9.17, 15) is 19.2 Å². The van der Waals surface area contributed by atoms with Crippen LogP contribution in [-0.2, 0) is 22.7 Å². The molecule has 0 N–H and O–H groups in total. The third kappa shape index (κ3) is 9.35. The largest absolute Gasteiger partial charge is 0.461 e. The van der Waals surface area contributed by atoms with E-state index in [0.29, 0.717) is 74.8 Å². The monoisotopic (exact) mass is 830 g/mol. The Morgan fingerprint density at radius 2 is 0.879 bits per heavy atom. The van der Waals surface area contributed by atoms with Crippen LogP contribution in [0.4, 0.5) is 0 Å². The van der Waals surface area contributed by atoms with Crippen LogP contribution in [-0.4, -0.2) is 97.3 Å². The molecule has 6 rings (SSSR count). The maximum atomic E-state index is 12.9. The first-order chi connectivity index (χ1) is 27.5. The van der Waals surface area contributed by atoms with Gasteiger partial charge in [-0.25, -0.2) is 9.59 Å². The second kappa shape index (κ2) is 18.2.